The van der Waals surface area contributed by atoms with Gasteiger partial charge in [-0.3, -0.25) is 9.59 Å². The predicted molar refractivity (Wildman–Crippen MR) is 120 cm³/mol. The van der Waals surface area contributed by atoms with Crippen LogP contribution in [0.15, 0.2) is 36.4 Å². The minimum absolute atomic E-state index is 0.164. The van der Waals surface area contributed by atoms with Gasteiger partial charge in [0, 0.05) is 10.7 Å². The van der Waals surface area contributed by atoms with Gasteiger partial charge in [-0.05, 0) is 49.2 Å². The van der Waals surface area contributed by atoms with Crippen molar-refractivity contribution < 1.29 is 28.2 Å². The molecule has 0 aliphatic rings. The Morgan fingerprint density at radius 1 is 1.09 bits per heavy atom. The third-order valence-corrected chi connectivity index (χ3v) is 4.62. The quantitative estimate of drug-likeness (QED) is 0.534. The summed E-state index contributed by atoms with van der Waals surface area (Å²) in [5, 5.41) is 7.93. The van der Waals surface area contributed by atoms with Crippen LogP contribution in [0.5, 0.6) is 5.75 Å². The van der Waals surface area contributed by atoms with Gasteiger partial charge in [-0.25, -0.2) is 9.18 Å². The highest BCUT2D eigenvalue weighted by molar-refractivity contribution is 6.30. The number of methoxy groups -OCH3 is 1. The normalized spacial score (nSPS) is 11.5. The number of halogens is 2. The van der Waals surface area contributed by atoms with Gasteiger partial charge < -0.3 is 25.4 Å². The van der Waals surface area contributed by atoms with Crippen molar-refractivity contribution in [2.45, 2.75) is 26.8 Å². The van der Waals surface area contributed by atoms with Crippen LogP contribution in [0.3, 0.4) is 0 Å². The number of rotatable bonds is 8. The van der Waals surface area contributed by atoms with E-state index in [1.165, 1.54) is 31.4 Å². The van der Waals surface area contributed by atoms with Crippen LogP contribution in [0.4, 0.5) is 20.6 Å². The predicted octanol–water partition coefficient (Wildman–Crippen LogP) is 4.45. The SMILES string of the molecule is CCOC(=O)NC(C(=O)Nc1ccc(OC)c(NC(=O)c2ccc(Cl)cc2F)c1)C(C)C. The number of ether oxygens (including phenoxy) is 2. The molecule has 0 heterocycles. The van der Waals surface area contributed by atoms with Crippen LogP contribution in [0.25, 0.3) is 0 Å². The first kappa shape index (κ1) is 24.9. The Morgan fingerprint density at radius 2 is 1.81 bits per heavy atom. The molecule has 3 amide bonds. The molecule has 1 atom stereocenters. The van der Waals surface area contributed by atoms with Gasteiger partial charge in [-0.15, -0.1) is 0 Å². The van der Waals surface area contributed by atoms with Gasteiger partial charge in [0.1, 0.15) is 17.6 Å². The van der Waals surface area contributed by atoms with Gasteiger partial charge >= 0.3 is 6.09 Å². The smallest absolute Gasteiger partial charge is 0.407 e. The summed E-state index contributed by atoms with van der Waals surface area (Å²) in [4.78, 5) is 37.0. The van der Waals surface area contributed by atoms with E-state index in [2.05, 4.69) is 16.0 Å². The highest BCUT2D eigenvalue weighted by Crippen LogP contribution is 2.29. The Balaban J connectivity index is 2.22. The maximum atomic E-state index is 14.1. The molecule has 3 N–H and O–H groups in total. The average molecular weight is 466 g/mol. The molecule has 2 aromatic rings. The minimum atomic E-state index is -0.850. The molecule has 8 nitrogen and oxygen atoms in total. The summed E-state index contributed by atoms with van der Waals surface area (Å²) in [5.41, 5.74) is 0.340. The second kappa shape index (κ2) is 11.3. The Morgan fingerprint density at radius 3 is 2.41 bits per heavy atom. The third-order valence-electron chi connectivity index (χ3n) is 4.39. The number of carbonyl (C=O) groups is 3. The molecule has 32 heavy (non-hydrogen) atoms. The lowest BCUT2D eigenvalue weighted by molar-refractivity contribution is -0.119. The molecule has 0 fully saturated rings. The summed E-state index contributed by atoms with van der Waals surface area (Å²) in [7, 11) is 1.41. The summed E-state index contributed by atoms with van der Waals surface area (Å²) >= 11 is 5.73. The molecule has 172 valence electrons. The first-order valence-electron chi connectivity index (χ1n) is 9.84. The van der Waals surface area contributed by atoms with Gasteiger partial charge in [0.2, 0.25) is 5.91 Å². The topological polar surface area (TPSA) is 106 Å². The van der Waals surface area contributed by atoms with Crippen LogP contribution in [0.1, 0.15) is 31.1 Å². The van der Waals surface area contributed by atoms with Crippen LogP contribution in [0, 0.1) is 11.7 Å². The second-order valence-corrected chi connectivity index (χ2v) is 7.51. The molecule has 0 spiro atoms. The second-order valence-electron chi connectivity index (χ2n) is 7.07. The molecule has 0 bridgehead atoms. The zero-order chi connectivity index (χ0) is 23.8. The number of anilines is 2. The molecule has 2 rings (SSSR count). The highest BCUT2D eigenvalue weighted by Gasteiger charge is 2.25. The summed E-state index contributed by atoms with van der Waals surface area (Å²) in [5.74, 6) is -1.88. The van der Waals surface area contributed by atoms with Crippen molar-refractivity contribution in [2.24, 2.45) is 5.92 Å². The molecule has 2 aromatic carbocycles. The monoisotopic (exact) mass is 465 g/mol. The van der Waals surface area contributed by atoms with Gasteiger partial charge in [-0.2, -0.15) is 0 Å². The van der Waals surface area contributed by atoms with Crippen LogP contribution >= 0.6 is 11.6 Å². The van der Waals surface area contributed by atoms with Crippen molar-refractivity contribution in [3.8, 4) is 5.75 Å². The van der Waals surface area contributed by atoms with E-state index in [9.17, 15) is 18.8 Å². The minimum Gasteiger partial charge on any atom is -0.495 e. The van der Waals surface area contributed by atoms with Crippen molar-refractivity contribution in [1.82, 2.24) is 5.32 Å². The number of nitrogens with one attached hydrogen (secondary N) is 3. The van der Waals surface area contributed by atoms with Gasteiger partial charge in [0.05, 0.1) is 25.0 Å². The van der Waals surface area contributed by atoms with E-state index >= 15 is 0 Å². The molecule has 10 heteroatoms. The third kappa shape index (κ3) is 6.58. The molecule has 0 radical (unpaired) electrons. The van der Waals surface area contributed by atoms with Crippen molar-refractivity contribution in [1.29, 1.82) is 0 Å². The maximum absolute atomic E-state index is 14.1. The van der Waals surface area contributed by atoms with Crippen LogP contribution in [0.2, 0.25) is 5.02 Å². The van der Waals surface area contributed by atoms with E-state index in [0.717, 1.165) is 6.07 Å². The summed E-state index contributed by atoms with van der Waals surface area (Å²) in [6, 6.07) is 7.41. The number of amides is 3. The fourth-order valence-corrected chi connectivity index (χ4v) is 2.96. The average Bonchev–Trinajstić information content (AvgIpc) is 2.72. The van der Waals surface area contributed by atoms with Gasteiger partial charge in [0.25, 0.3) is 5.91 Å². The molecule has 0 saturated heterocycles. The summed E-state index contributed by atoms with van der Waals surface area (Å²) < 4.78 is 24.2. The largest absolute Gasteiger partial charge is 0.495 e. The molecule has 1 unspecified atom stereocenters. The highest BCUT2D eigenvalue weighted by atomic mass is 35.5. The molecule has 0 aliphatic heterocycles. The van der Waals surface area contributed by atoms with E-state index in [1.54, 1.807) is 26.8 Å². The lowest BCUT2D eigenvalue weighted by atomic mass is 10.0. The van der Waals surface area contributed by atoms with Crippen molar-refractivity contribution in [3.05, 3.63) is 52.8 Å². The Bertz CT molecular complexity index is 1000. The van der Waals surface area contributed by atoms with Crippen molar-refractivity contribution in [2.75, 3.05) is 24.4 Å². The summed E-state index contributed by atoms with van der Waals surface area (Å²) in [6.45, 7) is 5.38. The number of benzene rings is 2. The van der Waals surface area contributed by atoms with E-state index in [1.807, 2.05) is 0 Å². The molecule has 0 aliphatic carbocycles. The lowest BCUT2D eigenvalue weighted by Gasteiger charge is -2.21. The first-order chi connectivity index (χ1) is 15.2. The standard InChI is InChI=1S/C22H25ClFN3O5/c1-5-32-22(30)27-19(12(2)3)21(29)25-14-7-9-18(31-4)17(11-14)26-20(28)15-8-6-13(23)10-16(15)24/h6-12,19H,5H2,1-4H3,(H,25,29)(H,26,28)(H,27,30). The Hall–Kier alpha value is -3.33. The Labute approximate surface area is 190 Å². The zero-order valence-corrected chi connectivity index (χ0v) is 18.9. The van der Waals surface area contributed by atoms with E-state index in [-0.39, 0.29) is 28.8 Å². The van der Waals surface area contributed by atoms with Crippen LogP contribution in [-0.2, 0) is 9.53 Å². The molecular formula is C22H25ClFN3O5. The molecular weight excluding hydrogens is 441 g/mol. The summed E-state index contributed by atoms with van der Waals surface area (Å²) in [6.07, 6.45) is -0.700. The number of hydrogen-bond acceptors (Lipinski definition) is 5. The van der Waals surface area contributed by atoms with E-state index in [4.69, 9.17) is 21.1 Å². The number of hydrogen-bond donors (Lipinski definition) is 3. The van der Waals surface area contributed by atoms with E-state index in [0.29, 0.717) is 11.4 Å². The number of carbonyl (C=O) groups excluding carboxylic acids is 3. The lowest BCUT2D eigenvalue weighted by Crippen LogP contribution is -2.47. The van der Waals surface area contributed by atoms with Crippen molar-refractivity contribution >= 4 is 40.9 Å². The Kier molecular flexibility index (Phi) is 8.83. The van der Waals surface area contributed by atoms with Gasteiger partial charge in [-0.1, -0.05) is 25.4 Å². The maximum Gasteiger partial charge on any atom is 0.407 e. The fraction of sp³-hybridized carbons (Fsp3) is 0.318. The van der Waals surface area contributed by atoms with E-state index < -0.39 is 29.8 Å². The molecule has 0 saturated carbocycles. The zero-order valence-electron chi connectivity index (χ0n) is 18.1. The molecule has 0 aromatic heterocycles. The number of alkyl carbamates (subject to hydrolysis) is 1. The van der Waals surface area contributed by atoms with Gasteiger partial charge in [0.15, 0.2) is 0 Å². The van der Waals surface area contributed by atoms with Crippen molar-refractivity contribution in [3.63, 3.8) is 0 Å². The van der Waals surface area contributed by atoms with Crippen LogP contribution in [-0.4, -0.2) is 37.7 Å². The fourth-order valence-electron chi connectivity index (χ4n) is 2.80. The van der Waals surface area contributed by atoms with Crippen LogP contribution < -0.4 is 20.7 Å². The first-order valence-corrected chi connectivity index (χ1v) is 10.2.